The fourth-order valence-electron chi connectivity index (χ4n) is 0.891. The molecule has 0 aromatic rings. The van der Waals surface area contributed by atoms with Crippen molar-refractivity contribution in [1.82, 2.24) is 0 Å². The Morgan fingerprint density at radius 3 is 1.48 bits per heavy atom. The molecule has 0 aromatic carbocycles. The van der Waals surface area contributed by atoms with E-state index in [4.69, 9.17) is 15.3 Å². The summed E-state index contributed by atoms with van der Waals surface area (Å²) < 4.78 is 0. The maximum Gasteiger partial charge on any atom is 0.0483 e. The predicted octanol–water partition coefficient (Wildman–Crippen LogP) is 3.63. The van der Waals surface area contributed by atoms with E-state index >= 15 is 0 Å². The summed E-state index contributed by atoms with van der Waals surface area (Å²) in [6.07, 6.45) is 10.6. The Morgan fingerprint density at radius 2 is 1.29 bits per heavy atom. The monoisotopic (exact) mass is 377 g/mol. The van der Waals surface area contributed by atoms with Gasteiger partial charge in [0.2, 0.25) is 0 Å². The molecule has 0 saturated carbocycles. The summed E-state index contributed by atoms with van der Waals surface area (Å²) in [5.41, 5.74) is 1.40. The average molecular weight is 379 g/mol. The minimum absolute atomic E-state index is 0. The van der Waals surface area contributed by atoms with E-state index < -0.39 is 0 Å². The van der Waals surface area contributed by atoms with Crippen molar-refractivity contribution in [3.8, 4) is 0 Å². The molecule has 1 aliphatic carbocycles. The second kappa shape index (κ2) is 22.5. The van der Waals surface area contributed by atoms with Crippen LogP contribution < -0.4 is 0 Å². The molecule has 0 bridgehead atoms. The van der Waals surface area contributed by atoms with Crippen molar-refractivity contribution in [3.63, 3.8) is 0 Å². The molecule has 0 radical (unpaired) electrons. The van der Waals surface area contributed by atoms with Gasteiger partial charge in [0.25, 0.3) is 0 Å². The molecule has 0 spiro atoms. The molecule has 3 N–H and O–H groups in total. The van der Waals surface area contributed by atoms with E-state index in [1.807, 2.05) is 0 Å². The molecule has 0 atom stereocenters. The first-order valence-electron chi connectivity index (χ1n) is 7.43. The van der Waals surface area contributed by atoms with E-state index in [2.05, 4.69) is 25.2 Å². The first kappa shape index (κ1) is 29.3. The van der Waals surface area contributed by atoms with Crippen LogP contribution in [0.1, 0.15) is 67.7 Å². The van der Waals surface area contributed by atoms with E-state index in [0.29, 0.717) is 0 Å². The summed E-state index contributed by atoms with van der Waals surface area (Å²) in [4.78, 5) is 0. The average Bonchev–Trinajstić information content (AvgIpc) is 2.68. The number of aliphatic hydroxyl groups excluding tert-OH is 3. The van der Waals surface area contributed by atoms with Crippen LogP contribution in [0.2, 0.25) is 0 Å². The van der Waals surface area contributed by atoms with Crippen molar-refractivity contribution in [2.75, 3.05) is 0 Å². The van der Waals surface area contributed by atoms with Crippen LogP contribution in [0.5, 0.6) is 0 Å². The van der Waals surface area contributed by atoms with E-state index in [-0.39, 0.29) is 44.5 Å². The van der Waals surface area contributed by atoms with Gasteiger partial charge < -0.3 is 15.3 Å². The maximum atomic E-state index is 8.06. The van der Waals surface area contributed by atoms with Gasteiger partial charge in [-0.05, 0) is 41.5 Å². The summed E-state index contributed by atoms with van der Waals surface area (Å²) in [6.45, 7) is 12.5. The quantitative estimate of drug-likeness (QED) is 0.643. The largest absolute Gasteiger partial charge is 0.394 e. The Hall–Kier alpha value is 0.243. The molecular weight excluding hydrogens is 343 g/mol. The molecule has 0 aromatic heterocycles. The molecule has 4 heteroatoms. The normalized spacial score (nSPS) is 11.6. The van der Waals surface area contributed by atoms with Crippen molar-refractivity contribution >= 4 is 0 Å². The third kappa shape index (κ3) is 64.2. The minimum atomic E-state index is -0.167. The third-order valence-electron chi connectivity index (χ3n) is 1.29. The number of hydrogen-bond acceptors (Lipinski definition) is 3. The number of hydrogen-bond donors (Lipinski definition) is 3. The molecule has 0 amide bonds. The van der Waals surface area contributed by atoms with Crippen LogP contribution in [0.15, 0.2) is 17.7 Å². The molecule has 0 unspecified atom stereocenters. The summed E-state index contributed by atoms with van der Waals surface area (Å²) in [5.74, 6) is 0. The van der Waals surface area contributed by atoms with Gasteiger partial charge in [-0.25, -0.2) is 11.6 Å². The molecule has 21 heavy (non-hydrogen) atoms. The standard InChI is InChI=1S/C8H11.3C3H8O.Zr/c1-2-5-8-6-3-4-7-8;3*1-3(2)4;/h3,6H,2,4-5H2,1H3;3*3-4H,1-2H3;/q-1;;;;. The van der Waals surface area contributed by atoms with Gasteiger partial charge in [0.05, 0.1) is 0 Å². The van der Waals surface area contributed by atoms with Gasteiger partial charge >= 0.3 is 0 Å². The van der Waals surface area contributed by atoms with Crippen LogP contribution in [0.4, 0.5) is 0 Å². The van der Waals surface area contributed by atoms with E-state index in [9.17, 15) is 0 Å². The zero-order chi connectivity index (χ0) is 16.6. The van der Waals surface area contributed by atoms with Gasteiger partial charge in [-0.2, -0.15) is 6.08 Å². The molecular formula is C17H35O3Zr-. The molecule has 0 saturated heterocycles. The Kier molecular flexibility index (Phi) is 31.4. The fraction of sp³-hybridized carbons (Fsp3) is 0.765. The summed E-state index contributed by atoms with van der Waals surface area (Å²) in [5, 5.41) is 24.2. The molecule has 0 aliphatic heterocycles. The van der Waals surface area contributed by atoms with Crippen LogP contribution in [-0.2, 0) is 26.2 Å². The third-order valence-corrected chi connectivity index (χ3v) is 1.29. The predicted molar refractivity (Wildman–Crippen MR) is 87.5 cm³/mol. The second-order valence-corrected chi connectivity index (χ2v) is 5.34. The topological polar surface area (TPSA) is 60.7 Å². The summed E-state index contributed by atoms with van der Waals surface area (Å²) in [7, 11) is 0. The minimum Gasteiger partial charge on any atom is -0.394 e. The van der Waals surface area contributed by atoms with Gasteiger partial charge in [-0.1, -0.05) is 19.8 Å². The van der Waals surface area contributed by atoms with Crippen LogP contribution in [0.25, 0.3) is 0 Å². The van der Waals surface area contributed by atoms with E-state index in [1.165, 1.54) is 18.4 Å². The van der Waals surface area contributed by atoms with Crippen LogP contribution in [-0.4, -0.2) is 33.6 Å². The molecule has 0 fully saturated rings. The van der Waals surface area contributed by atoms with Crippen LogP contribution >= 0.6 is 0 Å². The van der Waals surface area contributed by atoms with Crippen molar-refractivity contribution < 1.29 is 41.5 Å². The van der Waals surface area contributed by atoms with E-state index in [1.54, 1.807) is 41.5 Å². The van der Waals surface area contributed by atoms with Crippen molar-refractivity contribution in [3.05, 3.63) is 23.8 Å². The van der Waals surface area contributed by atoms with Gasteiger partial charge in [0.1, 0.15) is 0 Å². The number of allylic oxidation sites excluding steroid dienone is 4. The maximum absolute atomic E-state index is 8.06. The zero-order valence-corrected chi connectivity index (χ0v) is 17.3. The summed E-state index contributed by atoms with van der Waals surface area (Å²) >= 11 is 0. The SMILES string of the molecule is CC(C)O.CC(C)O.CC(C)O.CCCC1=[C-]CC=C1.[Zr]. The van der Waals surface area contributed by atoms with E-state index in [0.717, 1.165) is 6.42 Å². The van der Waals surface area contributed by atoms with Gasteiger partial charge in [0, 0.05) is 44.5 Å². The number of rotatable bonds is 2. The Morgan fingerprint density at radius 1 is 0.952 bits per heavy atom. The summed E-state index contributed by atoms with van der Waals surface area (Å²) in [6, 6.07) is 0. The molecule has 0 heterocycles. The molecule has 1 aliphatic rings. The van der Waals surface area contributed by atoms with Crippen LogP contribution in [0, 0.1) is 6.08 Å². The molecule has 3 nitrogen and oxygen atoms in total. The number of aliphatic hydroxyl groups is 3. The molecule has 1 rings (SSSR count). The molecule has 126 valence electrons. The van der Waals surface area contributed by atoms with Crippen molar-refractivity contribution in [1.29, 1.82) is 0 Å². The second-order valence-electron chi connectivity index (χ2n) is 5.34. The van der Waals surface area contributed by atoms with Gasteiger partial charge in [-0.3, -0.25) is 6.08 Å². The first-order valence-corrected chi connectivity index (χ1v) is 7.43. The van der Waals surface area contributed by atoms with Gasteiger partial charge in [-0.15, -0.1) is 6.42 Å². The Balaban J connectivity index is -0.0000000973. The zero-order valence-electron chi connectivity index (χ0n) is 14.8. The first-order chi connectivity index (χ1) is 9.13. The Bertz CT molecular complexity index is 212. The van der Waals surface area contributed by atoms with Crippen LogP contribution in [0.3, 0.4) is 0 Å². The fourth-order valence-corrected chi connectivity index (χ4v) is 0.891. The van der Waals surface area contributed by atoms with Crippen molar-refractivity contribution in [2.24, 2.45) is 0 Å². The smallest absolute Gasteiger partial charge is 0.0483 e. The van der Waals surface area contributed by atoms with Gasteiger partial charge in [0.15, 0.2) is 0 Å². The Labute approximate surface area is 151 Å². The van der Waals surface area contributed by atoms with Crippen molar-refractivity contribution in [2.45, 2.75) is 86.0 Å².